The molecule has 0 fully saturated rings. The van der Waals surface area contributed by atoms with E-state index < -0.39 is 18.1 Å². The number of esters is 2. The third-order valence-corrected chi connectivity index (χ3v) is 11.0. The normalized spacial score (nSPS) is 13.3. The summed E-state index contributed by atoms with van der Waals surface area (Å²) < 4.78 is 17.3. The maximum absolute atomic E-state index is 12.8. The summed E-state index contributed by atoms with van der Waals surface area (Å²) in [6, 6.07) is -0.616. The Morgan fingerprint density at radius 1 is 0.517 bits per heavy atom. The number of carboxylic acid groups (broad SMARTS) is 1. The highest BCUT2D eigenvalue weighted by Gasteiger charge is 2.31. The van der Waals surface area contributed by atoms with Crippen molar-refractivity contribution in [1.82, 2.24) is 0 Å². The van der Waals surface area contributed by atoms with Gasteiger partial charge in [0.2, 0.25) is 0 Å². The summed E-state index contributed by atoms with van der Waals surface area (Å²) in [4.78, 5) is 37.1. The first-order valence-electron chi connectivity index (χ1n) is 24.7. The second-order valence-corrected chi connectivity index (χ2v) is 17.7. The lowest BCUT2D eigenvalue weighted by Gasteiger charge is -2.31. The van der Waals surface area contributed by atoms with Gasteiger partial charge in [-0.05, 0) is 70.6 Å². The van der Waals surface area contributed by atoms with Crippen LogP contribution < -0.4 is 0 Å². The number of hydrogen-bond donors (Lipinski definition) is 1. The molecule has 0 aliphatic heterocycles. The summed E-state index contributed by atoms with van der Waals surface area (Å²) in [6.07, 6.45) is 51.5. The molecule has 0 spiro atoms. The predicted octanol–water partition coefficient (Wildman–Crippen LogP) is 14.0. The lowest BCUT2D eigenvalue weighted by atomic mass is 10.0. The van der Waals surface area contributed by atoms with E-state index in [-0.39, 0.29) is 36.2 Å². The Balaban J connectivity index is 4.24. The van der Waals surface area contributed by atoms with E-state index in [0.29, 0.717) is 19.3 Å². The number of nitrogens with zero attached hydrogens (tertiary/aromatic N) is 1. The molecule has 0 radical (unpaired) electrons. The molecule has 0 bridgehead atoms. The van der Waals surface area contributed by atoms with Crippen LogP contribution in [0.2, 0.25) is 0 Å². The Morgan fingerprint density at radius 3 is 1.40 bits per heavy atom. The molecular weight excluding hydrogens is 751 g/mol. The highest BCUT2D eigenvalue weighted by molar-refractivity contribution is 5.72. The maximum atomic E-state index is 12.8. The molecule has 0 aromatic rings. The number of unbranched alkanes of at least 4 members (excludes halogenated alkanes) is 22. The van der Waals surface area contributed by atoms with Gasteiger partial charge in [0.15, 0.2) is 12.1 Å². The van der Waals surface area contributed by atoms with E-state index in [0.717, 1.165) is 57.8 Å². The monoisotopic (exact) mass is 845 g/mol. The van der Waals surface area contributed by atoms with E-state index in [1.165, 1.54) is 122 Å². The molecule has 8 heteroatoms. The molecule has 60 heavy (non-hydrogen) atoms. The van der Waals surface area contributed by atoms with Crippen LogP contribution >= 0.6 is 0 Å². The van der Waals surface area contributed by atoms with Gasteiger partial charge in [-0.3, -0.25) is 9.59 Å². The van der Waals surface area contributed by atoms with Crippen molar-refractivity contribution in [1.29, 1.82) is 0 Å². The third kappa shape index (κ3) is 40.7. The highest BCUT2D eigenvalue weighted by atomic mass is 16.6. The number of aliphatic carboxylic acids is 1. The van der Waals surface area contributed by atoms with Gasteiger partial charge in [-0.1, -0.05) is 172 Å². The molecule has 0 aromatic carbocycles. The second kappa shape index (κ2) is 43.0. The van der Waals surface area contributed by atoms with Gasteiger partial charge in [0.1, 0.15) is 6.61 Å². The van der Waals surface area contributed by atoms with E-state index >= 15 is 0 Å². The van der Waals surface area contributed by atoms with Gasteiger partial charge >= 0.3 is 17.9 Å². The number of carbonyl (C=O) groups is 3. The van der Waals surface area contributed by atoms with Crippen LogP contribution in [0.25, 0.3) is 0 Å². The zero-order chi connectivity index (χ0) is 44.2. The number of allylic oxidation sites excluding steroid dienone is 8. The highest BCUT2D eigenvalue weighted by Crippen LogP contribution is 2.15. The molecule has 0 saturated carbocycles. The van der Waals surface area contributed by atoms with Crippen molar-refractivity contribution >= 4 is 17.9 Å². The van der Waals surface area contributed by atoms with Gasteiger partial charge in [0.25, 0.3) is 0 Å². The number of rotatable bonds is 44. The van der Waals surface area contributed by atoms with Crippen LogP contribution in [0, 0.1) is 0 Å². The van der Waals surface area contributed by atoms with E-state index in [1.807, 2.05) is 21.1 Å². The largest absolute Gasteiger partial charge is 0.477 e. The fourth-order valence-corrected chi connectivity index (χ4v) is 7.16. The van der Waals surface area contributed by atoms with Crippen LogP contribution in [0.15, 0.2) is 48.6 Å². The molecule has 2 unspecified atom stereocenters. The molecule has 0 aromatic heterocycles. The maximum Gasteiger partial charge on any atom is 0.362 e. The fraction of sp³-hybridized carbons (Fsp3) is 0.788. The van der Waals surface area contributed by atoms with Gasteiger partial charge in [-0.2, -0.15) is 0 Å². The number of quaternary nitrogens is 1. The Morgan fingerprint density at radius 2 is 0.933 bits per heavy atom. The van der Waals surface area contributed by atoms with Crippen molar-refractivity contribution < 1.29 is 38.2 Å². The van der Waals surface area contributed by atoms with E-state index in [2.05, 4.69) is 62.5 Å². The molecule has 0 saturated heterocycles. The molecule has 0 heterocycles. The Labute approximate surface area is 369 Å². The van der Waals surface area contributed by atoms with Gasteiger partial charge in [0.05, 0.1) is 34.4 Å². The van der Waals surface area contributed by atoms with Crippen LogP contribution in [-0.2, 0) is 28.6 Å². The summed E-state index contributed by atoms with van der Waals surface area (Å²) in [5.41, 5.74) is 0. The predicted molar refractivity (Wildman–Crippen MR) is 252 cm³/mol. The minimum atomic E-state index is -0.875. The second-order valence-electron chi connectivity index (χ2n) is 17.7. The fourth-order valence-electron chi connectivity index (χ4n) is 7.16. The van der Waals surface area contributed by atoms with Crippen molar-refractivity contribution in [3.05, 3.63) is 48.6 Å². The number of carboxylic acids is 1. The van der Waals surface area contributed by atoms with Crippen LogP contribution in [0.3, 0.4) is 0 Å². The molecule has 348 valence electrons. The minimum absolute atomic E-state index is 0.0535. The van der Waals surface area contributed by atoms with Gasteiger partial charge in [0, 0.05) is 19.3 Å². The van der Waals surface area contributed by atoms with Crippen molar-refractivity contribution in [2.24, 2.45) is 0 Å². The molecule has 1 N–H and O–H groups in total. The topological polar surface area (TPSA) is 99.1 Å². The van der Waals surface area contributed by atoms with Crippen LogP contribution in [0.1, 0.15) is 213 Å². The average Bonchev–Trinajstić information content (AvgIpc) is 3.21. The van der Waals surface area contributed by atoms with Gasteiger partial charge in [-0.15, -0.1) is 0 Å². The Hall–Kier alpha value is -2.71. The summed E-state index contributed by atoms with van der Waals surface area (Å²) >= 11 is 0. The number of hydrogen-bond acceptors (Lipinski definition) is 6. The first kappa shape index (κ1) is 57.3. The van der Waals surface area contributed by atoms with Gasteiger partial charge in [-0.25, -0.2) is 4.79 Å². The molecule has 0 aliphatic carbocycles. The zero-order valence-electron chi connectivity index (χ0n) is 39.7. The van der Waals surface area contributed by atoms with Gasteiger partial charge < -0.3 is 23.8 Å². The average molecular weight is 845 g/mol. The number of carbonyl (C=O) groups excluding carboxylic acids is 2. The van der Waals surface area contributed by atoms with Crippen molar-refractivity contribution in [2.75, 3.05) is 41.0 Å². The number of likely N-dealkylation sites (N-methyl/N-ethyl adjacent to an activating group) is 1. The standard InChI is InChI=1S/C52H93NO7/c1-6-8-10-12-14-16-18-20-22-23-24-25-26-27-29-30-32-34-36-38-40-42-50(54)59-47-48(46-58-45-44-49(52(56)57)53(3,4)5)60-51(55)43-41-39-37-35-33-31-28-21-19-17-15-13-11-9-7-2/h8,10,14,16-17,19-20,22,48-49H,6-7,9,11-13,15,18,21,23-47H2,1-5H3/p+1/b10-8+,16-14+,19-17+,22-20+. The Bertz CT molecular complexity index is 1120. The molecule has 0 amide bonds. The first-order chi connectivity index (χ1) is 29.1. The zero-order valence-corrected chi connectivity index (χ0v) is 39.7. The first-order valence-corrected chi connectivity index (χ1v) is 24.7. The molecule has 2 atom stereocenters. The molecule has 0 rings (SSSR count). The Kier molecular flexibility index (Phi) is 41.0. The molecule has 0 aliphatic rings. The molecule has 8 nitrogen and oxygen atoms in total. The van der Waals surface area contributed by atoms with Crippen molar-refractivity contribution in [3.8, 4) is 0 Å². The lowest BCUT2D eigenvalue weighted by molar-refractivity contribution is -0.887. The van der Waals surface area contributed by atoms with Crippen molar-refractivity contribution in [3.63, 3.8) is 0 Å². The smallest absolute Gasteiger partial charge is 0.362 e. The SMILES string of the molecule is CC/C=C/C/C=C/C/C=C/CCCCCCCCCCCCCC(=O)OCC(COCCC(C(=O)O)[N+](C)(C)C)OC(=O)CCCCCCCCC/C=C/CCCCCC. The lowest BCUT2D eigenvalue weighted by Crippen LogP contribution is -2.50. The summed E-state index contributed by atoms with van der Waals surface area (Å²) in [5, 5.41) is 9.64. The summed E-state index contributed by atoms with van der Waals surface area (Å²) in [5.74, 6) is -1.47. The third-order valence-electron chi connectivity index (χ3n) is 11.0. The van der Waals surface area contributed by atoms with Crippen LogP contribution in [0.5, 0.6) is 0 Å². The quantitative estimate of drug-likeness (QED) is 0.0282. The summed E-state index contributed by atoms with van der Waals surface area (Å²) in [7, 11) is 5.53. The summed E-state index contributed by atoms with van der Waals surface area (Å²) in [6.45, 7) is 4.62. The minimum Gasteiger partial charge on any atom is -0.477 e. The van der Waals surface area contributed by atoms with E-state index in [4.69, 9.17) is 14.2 Å². The van der Waals surface area contributed by atoms with E-state index in [9.17, 15) is 19.5 Å². The van der Waals surface area contributed by atoms with Crippen LogP contribution in [0.4, 0.5) is 0 Å². The molecular formula is C52H94NO7+. The number of ether oxygens (including phenoxy) is 3. The van der Waals surface area contributed by atoms with Crippen molar-refractivity contribution in [2.45, 2.75) is 225 Å². The van der Waals surface area contributed by atoms with Crippen LogP contribution in [-0.4, -0.2) is 80.6 Å². The van der Waals surface area contributed by atoms with E-state index in [1.54, 1.807) is 0 Å².